The number of carbonyl (C=O) groups excluding carboxylic acids is 1. The fraction of sp³-hybridized carbons (Fsp3) is 0.462. The van der Waals surface area contributed by atoms with Crippen molar-refractivity contribution in [3.05, 3.63) is 29.6 Å². The van der Waals surface area contributed by atoms with E-state index in [0.29, 0.717) is 6.54 Å². The van der Waals surface area contributed by atoms with Crippen LogP contribution in [0.3, 0.4) is 0 Å². The number of aromatic nitrogens is 1. The number of aryl methyl sites for hydroxylation is 1. The van der Waals surface area contributed by atoms with Crippen LogP contribution in [-0.2, 0) is 11.3 Å². The molecule has 0 saturated carbocycles. The molecule has 7 heteroatoms. The molecule has 1 rings (SSSR count). The standard InChI is InChI=1S/C13H19N3O4/c1-9-5-4-6-10(15-9)7-16(3)12(19)14-8-13(2,20)11(17)18/h4-6,20H,7-8H2,1-3H3,(H,14,19)(H,17,18). The molecular formula is C13H19N3O4. The number of hydrogen-bond acceptors (Lipinski definition) is 4. The van der Waals surface area contributed by atoms with Crippen LogP contribution in [0.1, 0.15) is 18.3 Å². The number of nitrogens with zero attached hydrogens (tertiary/aromatic N) is 2. The van der Waals surface area contributed by atoms with Crippen molar-refractivity contribution in [2.75, 3.05) is 13.6 Å². The Balaban J connectivity index is 2.54. The normalized spacial score (nSPS) is 13.4. The minimum absolute atomic E-state index is 0.294. The van der Waals surface area contributed by atoms with Crippen LogP contribution < -0.4 is 5.32 Å². The molecule has 0 saturated heterocycles. The first-order valence-corrected chi connectivity index (χ1v) is 6.09. The average Bonchev–Trinajstić information content (AvgIpc) is 2.35. The van der Waals surface area contributed by atoms with Gasteiger partial charge < -0.3 is 20.4 Å². The molecule has 0 fully saturated rings. The van der Waals surface area contributed by atoms with E-state index < -0.39 is 17.6 Å². The summed E-state index contributed by atoms with van der Waals surface area (Å²) in [5.74, 6) is -1.39. The molecule has 2 amide bonds. The molecule has 20 heavy (non-hydrogen) atoms. The number of pyridine rings is 1. The molecule has 0 aromatic carbocycles. The zero-order valence-electron chi connectivity index (χ0n) is 11.8. The van der Waals surface area contributed by atoms with E-state index in [2.05, 4.69) is 10.3 Å². The quantitative estimate of drug-likeness (QED) is 0.723. The summed E-state index contributed by atoms with van der Waals surface area (Å²) in [4.78, 5) is 28.1. The number of amides is 2. The summed E-state index contributed by atoms with van der Waals surface area (Å²) in [6.07, 6.45) is 0. The average molecular weight is 281 g/mol. The van der Waals surface area contributed by atoms with Gasteiger partial charge >= 0.3 is 12.0 Å². The van der Waals surface area contributed by atoms with Crippen LogP contribution in [0, 0.1) is 6.92 Å². The number of carboxylic acids is 1. The van der Waals surface area contributed by atoms with E-state index in [0.717, 1.165) is 18.3 Å². The number of urea groups is 1. The third-order valence-electron chi connectivity index (χ3n) is 2.74. The molecule has 110 valence electrons. The number of carbonyl (C=O) groups is 2. The van der Waals surface area contributed by atoms with Crippen molar-refractivity contribution in [2.45, 2.75) is 26.0 Å². The lowest BCUT2D eigenvalue weighted by Gasteiger charge is -2.22. The van der Waals surface area contributed by atoms with Gasteiger partial charge in [0.05, 0.1) is 18.8 Å². The van der Waals surface area contributed by atoms with Crippen LogP contribution in [0.25, 0.3) is 0 Å². The van der Waals surface area contributed by atoms with Crippen molar-refractivity contribution in [3.8, 4) is 0 Å². The van der Waals surface area contributed by atoms with Gasteiger partial charge in [0.1, 0.15) is 0 Å². The lowest BCUT2D eigenvalue weighted by Crippen LogP contribution is -2.49. The number of aliphatic carboxylic acids is 1. The van der Waals surface area contributed by atoms with Crippen LogP contribution in [0.2, 0.25) is 0 Å². The summed E-state index contributed by atoms with van der Waals surface area (Å²) in [5, 5.41) is 20.6. The molecule has 0 aliphatic carbocycles. The lowest BCUT2D eigenvalue weighted by atomic mass is 10.1. The molecule has 1 aromatic rings. The predicted octanol–water partition coefficient (Wildman–Crippen LogP) is 0.367. The van der Waals surface area contributed by atoms with E-state index in [4.69, 9.17) is 5.11 Å². The van der Waals surface area contributed by atoms with Crippen molar-refractivity contribution < 1.29 is 19.8 Å². The van der Waals surface area contributed by atoms with Crippen molar-refractivity contribution in [1.29, 1.82) is 0 Å². The maximum atomic E-state index is 11.8. The van der Waals surface area contributed by atoms with Crippen molar-refractivity contribution in [1.82, 2.24) is 15.2 Å². The molecule has 1 atom stereocenters. The van der Waals surface area contributed by atoms with Gasteiger partial charge in [-0.05, 0) is 26.0 Å². The Morgan fingerprint density at radius 1 is 1.45 bits per heavy atom. The molecule has 3 N–H and O–H groups in total. The lowest BCUT2D eigenvalue weighted by molar-refractivity contribution is -0.155. The van der Waals surface area contributed by atoms with Crippen LogP contribution >= 0.6 is 0 Å². The largest absolute Gasteiger partial charge is 0.479 e. The Kier molecular flexibility index (Phi) is 5.04. The van der Waals surface area contributed by atoms with Crippen molar-refractivity contribution >= 4 is 12.0 Å². The summed E-state index contributed by atoms with van der Waals surface area (Å²) in [7, 11) is 1.56. The van der Waals surface area contributed by atoms with Gasteiger partial charge in [-0.25, -0.2) is 9.59 Å². The van der Waals surface area contributed by atoms with E-state index in [1.807, 2.05) is 19.1 Å². The maximum Gasteiger partial charge on any atom is 0.337 e. The van der Waals surface area contributed by atoms with E-state index in [9.17, 15) is 14.7 Å². The number of carboxylic acid groups (broad SMARTS) is 1. The van der Waals surface area contributed by atoms with Crippen LogP contribution in [0.4, 0.5) is 4.79 Å². The number of rotatable bonds is 5. The summed E-state index contributed by atoms with van der Waals surface area (Å²) in [6, 6.07) is 5.02. The highest BCUT2D eigenvalue weighted by Crippen LogP contribution is 2.04. The number of nitrogens with one attached hydrogen (secondary N) is 1. The highest BCUT2D eigenvalue weighted by atomic mass is 16.4. The van der Waals surface area contributed by atoms with Crippen LogP contribution in [-0.4, -0.2) is 51.3 Å². The molecule has 7 nitrogen and oxygen atoms in total. The van der Waals surface area contributed by atoms with Gasteiger partial charge in [-0.2, -0.15) is 0 Å². The van der Waals surface area contributed by atoms with Crippen LogP contribution in [0.15, 0.2) is 18.2 Å². The zero-order valence-corrected chi connectivity index (χ0v) is 11.8. The molecule has 0 radical (unpaired) electrons. The molecule has 1 aromatic heterocycles. The smallest absolute Gasteiger partial charge is 0.337 e. The Morgan fingerprint density at radius 3 is 2.65 bits per heavy atom. The molecule has 0 aliphatic heterocycles. The first-order chi connectivity index (χ1) is 9.22. The van der Waals surface area contributed by atoms with Gasteiger partial charge in [0.25, 0.3) is 0 Å². The van der Waals surface area contributed by atoms with Gasteiger partial charge in [-0.1, -0.05) is 6.07 Å². The zero-order chi connectivity index (χ0) is 15.3. The molecule has 0 aliphatic rings. The van der Waals surface area contributed by atoms with Gasteiger partial charge in [-0.15, -0.1) is 0 Å². The first-order valence-electron chi connectivity index (χ1n) is 6.09. The Bertz CT molecular complexity index is 502. The maximum absolute atomic E-state index is 11.8. The summed E-state index contributed by atoms with van der Waals surface area (Å²) in [5.41, 5.74) is -0.407. The minimum atomic E-state index is -1.99. The highest BCUT2D eigenvalue weighted by molar-refractivity contribution is 5.79. The van der Waals surface area contributed by atoms with Crippen molar-refractivity contribution in [3.63, 3.8) is 0 Å². The summed E-state index contributed by atoms with van der Waals surface area (Å²) < 4.78 is 0. The highest BCUT2D eigenvalue weighted by Gasteiger charge is 2.30. The van der Waals surface area contributed by atoms with E-state index in [-0.39, 0.29) is 6.54 Å². The number of hydrogen-bond donors (Lipinski definition) is 3. The SMILES string of the molecule is Cc1cccc(CN(C)C(=O)NCC(C)(O)C(=O)O)n1. The molecular weight excluding hydrogens is 262 g/mol. The van der Waals surface area contributed by atoms with E-state index in [1.54, 1.807) is 13.1 Å². The Morgan fingerprint density at radius 2 is 2.10 bits per heavy atom. The minimum Gasteiger partial charge on any atom is -0.479 e. The second kappa shape index (κ2) is 6.33. The number of aliphatic hydroxyl groups is 1. The molecule has 1 heterocycles. The van der Waals surface area contributed by atoms with Gasteiger partial charge in [-0.3, -0.25) is 4.98 Å². The summed E-state index contributed by atoms with van der Waals surface area (Å²) >= 11 is 0. The molecule has 0 bridgehead atoms. The van der Waals surface area contributed by atoms with E-state index >= 15 is 0 Å². The topological polar surface area (TPSA) is 103 Å². The molecule has 1 unspecified atom stereocenters. The van der Waals surface area contributed by atoms with Gasteiger partial charge in [0, 0.05) is 12.7 Å². The first kappa shape index (κ1) is 15.9. The third kappa shape index (κ3) is 4.51. The van der Waals surface area contributed by atoms with Gasteiger partial charge in [0.15, 0.2) is 5.60 Å². The fourth-order valence-corrected chi connectivity index (χ4v) is 1.46. The second-order valence-electron chi connectivity index (χ2n) is 4.86. The fourth-order valence-electron chi connectivity index (χ4n) is 1.46. The van der Waals surface area contributed by atoms with Crippen molar-refractivity contribution in [2.24, 2.45) is 0 Å². The molecule has 0 spiro atoms. The van der Waals surface area contributed by atoms with Crippen LogP contribution in [0.5, 0.6) is 0 Å². The third-order valence-corrected chi connectivity index (χ3v) is 2.74. The Labute approximate surface area is 117 Å². The monoisotopic (exact) mass is 281 g/mol. The predicted molar refractivity (Wildman–Crippen MR) is 72.1 cm³/mol. The van der Waals surface area contributed by atoms with E-state index in [1.165, 1.54) is 4.90 Å². The second-order valence-corrected chi connectivity index (χ2v) is 4.86. The van der Waals surface area contributed by atoms with Gasteiger partial charge in [0.2, 0.25) is 0 Å². The summed E-state index contributed by atoms with van der Waals surface area (Å²) in [6.45, 7) is 2.90. The Hall–Kier alpha value is -2.15.